The molecule has 3 heterocycles. The van der Waals surface area contributed by atoms with Crippen LogP contribution in [0.1, 0.15) is 45.7 Å². The van der Waals surface area contributed by atoms with E-state index in [2.05, 4.69) is 16.3 Å². The predicted molar refractivity (Wildman–Crippen MR) is 143 cm³/mol. The second-order valence-corrected chi connectivity index (χ2v) is 10.8. The summed E-state index contributed by atoms with van der Waals surface area (Å²) >= 11 is 1.72. The summed E-state index contributed by atoms with van der Waals surface area (Å²) in [6.45, 7) is 4.53. The molecule has 0 saturated carbocycles. The van der Waals surface area contributed by atoms with E-state index >= 15 is 0 Å². The number of nitrogens with zero attached hydrogens (tertiary/aromatic N) is 4. The smallest absolute Gasteiger partial charge is 0.269 e. The molecule has 2 atom stereocenters. The average Bonchev–Trinajstić information content (AvgIpc) is 3.40. The summed E-state index contributed by atoms with van der Waals surface area (Å²) in [6, 6.07) is 14.1. The van der Waals surface area contributed by atoms with Crippen LogP contribution in [-0.4, -0.2) is 70.2 Å². The molecule has 5 rings (SSSR count). The highest BCUT2D eigenvalue weighted by Crippen LogP contribution is 2.38. The summed E-state index contributed by atoms with van der Waals surface area (Å²) in [7, 11) is 0. The molecule has 1 fully saturated rings. The fraction of sp³-hybridized carbons (Fsp3) is 0.357. The molecule has 2 aliphatic rings. The van der Waals surface area contributed by atoms with Crippen molar-refractivity contribution < 1.29 is 18.9 Å². The number of fused-ring (bicyclic) bond motifs is 1. The quantitative estimate of drug-likeness (QED) is 0.342. The maximum Gasteiger partial charge on any atom is 0.269 e. The molecular formula is C28H29FN4O4S. The number of non-ortho nitro benzene ring substituents is 1. The number of hydrogen-bond acceptors (Lipinski definition) is 6. The number of piperazine rings is 1. The molecule has 0 aliphatic carbocycles. The molecule has 0 radical (unpaired) electrons. The SMILES string of the molecule is C[C@H]1CN(C(=O)CCN2CCc3sccc3[C@H]2c2cccc(F)c2)CCN1C(=O)c1ccc([N+](=O)[O-])cc1. The Kier molecular flexibility index (Phi) is 7.53. The van der Waals surface area contributed by atoms with Crippen LogP contribution in [0, 0.1) is 15.9 Å². The lowest BCUT2D eigenvalue weighted by atomic mass is 9.93. The van der Waals surface area contributed by atoms with Crippen molar-refractivity contribution in [2.75, 3.05) is 32.7 Å². The van der Waals surface area contributed by atoms with Gasteiger partial charge in [-0.25, -0.2) is 4.39 Å². The van der Waals surface area contributed by atoms with Gasteiger partial charge in [0.2, 0.25) is 5.91 Å². The zero-order chi connectivity index (χ0) is 26.8. The van der Waals surface area contributed by atoms with Crippen molar-refractivity contribution in [3.05, 3.63) is 97.5 Å². The van der Waals surface area contributed by atoms with Gasteiger partial charge in [0.05, 0.1) is 11.0 Å². The maximum absolute atomic E-state index is 14.1. The van der Waals surface area contributed by atoms with Gasteiger partial charge in [-0.1, -0.05) is 12.1 Å². The van der Waals surface area contributed by atoms with Gasteiger partial charge in [0.25, 0.3) is 11.6 Å². The zero-order valence-corrected chi connectivity index (χ0v) is 21.9. The molecule has 38 heavy (non-hydrogen) atoms. The third-order valence-electron chi connectivity index (χ3n) is 7.41. The molecular weight excluding hydrogens is 507 g/mol. The second kappa shape index (κ2) is 11.0. The van der Waals surface area contributed by atoms with E-state index in [0.29, 0.717) is 38.2 Å². The number of carbonyl (C=O) groups is 2. The van der Waals surface area contributed by atoms with Crippen LogP contribution in [0.4, 0.5) is 10.1 Å². The van der Waals surface area contributed by atoms with Crippen molar-refractivity contribution in [2.24, 2.45) is 0 Å². The van der Waals surface area contributed by atoms with Gasteiger partial charge in [-0.2, -0.15) is 0 Å². The van der Waals surface area contributed by atoms with Crippen molar-refractivity contribution in [1.29, 1.82) is 0 Å². The largest absolute Gasteiger partial charge is 0.339 e. The predicted octanol–water partition coefficient (Wildman–Crippen LogP) is 4.51. The van der Waals surface area contributed by atoms with Crippen LogP contribution in [-0.2, 0) is 11.2 Å². The first-order valence-electron chi connectivity index (χ1n) is 12.7. The minimum absolute atomic E-state index is 0.0355. The van der Waals surface area contributed by atoms with E-state index in [1.165, 1.54) is 40.8 Å². The number of carbonyl (C=O) groups excluding carboxylic acids is 2. The number of thiophene rings is 1. The Morgan fingerprint density at radius 2 is 1.89 bits per heavy atom. The molecule has 8 nitrogen and oxygen atoms in total. The summed E-state index contributed by atoms with van der Waals surface area (Å²) < 4.78 is 14.1. The maximum atomic E-state index is 14.1. The Morgan fingerprint density at radius 1 is 1.11 bits per heavy atom. The van der Waals surface area contributed by atoms with Crippen LogP contribution in [0.15, 0.2) is 60.0 Å². The van der Waals surface area contributed by atoms with Crippen LogP contribution in [0.3, 0.4) is 0 Å². The molecule has 0 unspecified atom stereocenters. The van der Waals surface area contributed by atoms with E-state index in [0.717, 1.165) is 18.5 Å². The van der Waals surface area contributed by atoms with Gasteiger partial charge < -0.3 is 9.80 Å². The molecule has 2 amide bonds. The fourth-order valence-corrected chi connectivity index (χ4v) is 6.35. The number of rotatable bonds is 6. The average molecular weight is 537 g/mol. The van der Waals surface area contributed by atoms with Crippen molar-refractivity contribution in [1.82, 2.24) is 14.7 Å². The number of nitro groups is 1. The Morgan fingerprint density at radius 3 is 2.61 bits per heavy atom. The highest BCUT2D eigenvalue weighted by Gasteiger charge is 2.33. The van der Waals surface area contributed by atoms with E-state index < -0.39 is 4.92 Å². The van der Waals surface area contributed by atoms with Crippen molar-refractivity contribution in [3.63, 3.8) is 0 Å². The van der Waals surface area contributed by atoms with Crippen LogP contribution < -0.4 is 0 Å². The molecule has 0 spiro atoms. The first-order valence-corrected chi connectivity index (χ1v) is 13.6. The Balaban J connectivity index is 1.21. The van der Waals surface area contributed by atoms with Crippen molar-refractivity contribution in [2.45, 2.75) is 31.8 Å². The van der Waals surface area contributed by atoms with Crippen molar-refractivity contribution in [3.8, 4) is 0 Å². The Hall–Kier alpha value is -3.63. The summed E-state index contributed by atoms with van der Waals surface area (Å²) in [5.74, 6) is -0.429. The molecule has 1 aromatic heterocycles. The molecule has 0 N–H and O–H groups in total. The van der Waals surface area contributed by atoms with E-state index in [-0.39, 0.29) is 35.4 Å². The summed E-state index contributed by atoms with van der Waals surface area (Å²) in [5, 5.41) is 13.0. The zero-order valence-electron chi connectivity index (χ0n) is 21.1. The van der Waals surface area contributed by atoms with Gasteiger partial charge in [-0.3, -0.25) is 24.6 Å². The number of benzene rings is 2. The van der Waals surface area contributed by atoms with E-state index in [4.69, 9.17) is 0 Å². The number of nitro benzene ring substituents is 1. The second-order valence-electron chi connectivity index (χ2n) is 9.78. The summed E-state index contributed by atoms with van der Waals surface area (Å²) in [6.07, 6.45) is 1.25. The van der Waals surface area contributed by atoms with Gasteiger partial charge in [-0.05, 0) is 60.2 Å². The van der Waals surface area contributed by atoms with E-state index in [1.807, 2.05) is 13.0 Å². The Labute approximate surface area is 224 Å². The monoisotopic (exact) mass is 536 g/mol. The minimum Gasteiger partial charge on any atom is -0.339 e. The molecule has 2 aliphatic heterocycles. The summed E-state index contributed by atoms with van der Waals surface area (Å²) in [4.78, 5) is 43.7. The van der Waals surface area contributed by atoms with Crippen molar-refractivity contribution >= 4 is 28.8 Å². The third-order valence-corrected chi connectivity index (χ3v) is 8.41. The fourth-order valence-electron chi connectivity index (χ4n) is 5.45. The topological polar surface area (TPSA) is 87.0 Å². The van der Waals surface area contributed by atoms with Crippen LogP contribution >= 0.6 is 11.3 Å². The first-order chi connectivity index (χ1) is 18.3. The number of halogens is 1. The van der Waals surface area contributed by atoms with Gasteiger partial charge in [-0.15, -0.1) is 11.3 Å². The van der Waals surface area contributed by atoms with E-state index in [1.54, 1.807) is 33.3 Å². The lowest BCUT2D eigenvalue weighted by Crippen LogP contribution is -2.55. The molecule has 2 aromatic carbocycles. The molecule has 0 bridgehead atoms. The van der Waals surface area contributed by atoms with Gasteiger partial charge in [0.15, 0.2) is 0 Å². The van der Waals surface area contributed by atoms with Gasteiger partial charge in [0.1, 0.15) is 5.82 Å². The van der Waals surface area contributed by atoms with Gasteiger partial charge >= 0.3 is 0 Å². The van der Waals surface area contributed by atoms with Crippen LogP contribution in [0.2, 0.25) is 0 Å². The van der Waals surface area contributed by atoms with Crippen LogP contribution in [0.25, 0.3) is 0 Å². The molecule has 1 saturated heterocycles. The Bertz CT molecular complexity index is 1340. The lowest BCUT2D eigenvalue weighted by molar-refractivity contribution is -0.384. The number of amides is 2. The first kappa shape index (κ1) is 26.0. The highest BCUT2D eigenvalue weighted by molar-refractivity contribution is 7.10. The molecule has 10 heteroatoms. The highest BCUT2D eigenvalue weighted by atomic mass is 32.1. The molecule has 3 aromatic rings. The third kappa shape index (κ3) is 5.32. The van der Waals surface area contributed by atoms with E-state index in [9.17, 15) is 24.1 Å². The van der Waals surface area contributed by atoms with Crippen LogP contribution in [0.5, 0.6) is 0 Å². The lowest BCUT2D eigenvalue weighted by Gasteiger charge is -2.41. The number of hydrogen-bond donors (Lipinski definition) is 0. The van der Waals surface area contributed by atoms with Gasteiger partial charge in [0, 0.05) is 67.8 Å². The molecule has 198 valence electrons. The normalized spacial score (nSPS) is 19.7. The summed E-state index contributed by atoms with van der Waals surface area (Å²) in [5.41, 5.74) is 2.41. The minimum atomic E-state index is -0.495. The standard InChI is InChI=1S/C28H29FN4O4S/c1-19-18-31(14-15-32(19)28(35)20-5-7-23(8-6-20)33(36)37)26(34)10-13-30-12-9-25-24(11-16-38-25)27(30)21-3-2-4-22(29)17-21/h2-8,11,16-17,19,27H,9-10,12-15,18H2,1H3/t19-,27+/m0/s1.